The van der Waals surface area contributed by atoms with Gasteiger partial charge in [0.25, 0.3) is 5.91 Å². The Morgan fingerprint density at radius 2 is 1.70 bits per heavy atom. The molecule has 1 N–H and O–H groups in total. The fourth-order valence-electron chi connectivity index (χ4n) is 4.19. The van der Waals surface area contributed by atoms with Crippen LogP contribution >= 0.6 is 23.4 Å². The standard InChI is InChI=1S/C28H32ClN3O3S2/c1-22-9-11-26(12-10-22)37(34,35)32-16-14-31(15-17-32)20-23-5-4-7-24(19-23)28(33)30-13-18-36-21-25-6-2-3-8-27(25)29/h2-12,19H,13-18,20-21H2,1H3,(H,30,33). The summed E-state index contributed by atoms with van der Waals surface area (Å²) in [6, 6.07) is 22.4. The number of carbonyl (C=O) groups excluding carboxylic acids is 1. The fraction of sp³-hybridized carbons (Fsp3) is 0.321. The summed E-state index contributed by atoms with van der Waals surface area (Å²) in [5, 5.41) is 3.76. The maximum absolute atomic E-state index is 13.0. The minimum absolute atomic E-state index is 0.0887. The van der Waals surface area contributed by atoms with Crippen molar-refractivity contribution < 1.29 is 13.2 Å². The van der Waals surface area contributed by atoms with Crippen molar-refractivity contribution in [2.24, 2.45) is 0 Å². The first-order valence-corrected chi connectivity index (χ1v) is 15.3. The van der Waals surface area contributed by atoms with Crippen LogP contribution < -0.4 is 5.32 Å². The number of nitrogens with one attached hydrogen (secondary N) is 1. The molecule has 1 heterocycles. The van der Waals surface area contributed by atoms with Crippen LogP contribution in [-0.4, -0.2) is 62.0 Å². The second-order valence-corrected chi connectivity index (χ2v) is 12.5. The molecule has 37 heavy (non-hydrogen) atoms. The van der Waals surface area contributed by atoms with Crippen LogP contribution in [0, 0.1) is 6.92 Å². The van der Waals surface area contributed by atoms with Gasteiger partial charge in [-0.05, 0) is 48.4 Å². The zero-order chi connectivity index (χ0) is 26.3. The van der Waals surface area contributed by atoms with Gasteiger partial charge < -0.3 is 5.32 Å². The van der Waals surface area contributed by atoms with Crippen molar-refractivity contribution in [3.8, 4) is 0 Å². The monoisotopic (exact) mass is 557 g/mol. The van der Waals surface area contributed by atoms with E-state index in [0.29, 0.717) is 49.7 Å². The lowest BCUT2D eigenvalue weighted by Crippen LogP contribution is -2.48. The number of carbonyl (C=O) groups is 1. The number of aryl methyl sites for hydroxylation is 1. The maximum atomic E-state index is 13.0. The third-order valence-electron chi connectivity index (χ3n) is 6.33. The molecule has 0 bridgehead atoms. The van der Waals surface area contributed by atoms with Gasteiger partial charge >= 0.3 is 0 Å². The molecule has 1 saturated heterocycles. The second kappa shape index (κ2) is 12.9. The van der Waals surface area contributed by atoms with Crippen molar-refractivity contribution in [2.45, 2.75) is 24.1 Å². The number of rotatable bonds is 10. The molecule has 0 saturated carbocycles. The Balaban J connectivity index is 1.23. The fourth-order valence-corrected chi connectivity index (χ4v) is 6.76. The van der Waals surface area contributed by atoms with E-state index in [1.165, 1.54) is 0 Å². The van der Waals surface area contributed by atoms with Gasteiger partial charge in [-0.1, -0.05) is 59.6 Å². The third kappa shape index (κ3) is 7.58. The van der Waals surface area contributed by atoms with Crippen molar-refractivity contribution >= 4 is 39.3 Å². The number of thioether (sulfide) groups is 1. The quantitative estimate of drug-likeness (QED) is 0.362. The Kier molecular flexibility index (Phi) is 9.67. The molecule has 1 fully saturated rings. The van der Waals surface area contributed by atoms with E-state index in [2.05, 4.69) is 10.2 Å². The number of piperazine rings is 1. The molecule has 0 atom stereocenters. The van der Waals surface area contributed by atoms with Crippen molar-refractivity contribution in [3.05, 3.63) is 100 Å². The van der Waals surface area contributed by atoms with Crippen molar-refractivity contribution in [1.82, 2.24) is 14.5 Å². The summed E-state index contributed by atoms with van der Waals surface area (Å²) < 4.78 is 27.5. The molecule has 196 valence electrons. The third-order valence-corrected chi connectivity index (χ3v) is 9.62. The molecule has 0 radical (unpaired) electrons. The summed E-state index contributed by atoms with van der Waals surface area (Å²) in [6.45, 7) is 5.37. The lowest BCUT2D eigenvalue weighted by molar-refractivity contribution is 0.0956. The number of amides is 1. The molecule has 0 aromatic heterocycles. The molecule has 0 spiro atoms. The predicted molar refractivity (Wildman–Crippen MR) is 152 cm³/mol. The van der Waals surface area contributed by atoms with E-state index in [-0.39, 0.29) is 5.91 Å². The van der Waals surface area contributed by atoms with Gasteiger partial charge in [0.15, 0.2) is 0 Å². The summed E-state index contributed by atoms with van der Waals surface area (Å²) in [6.07, 6.45) is 0. The maximum Gasteiger partial charge on any atom is 0.251 e. The van der Waals surface area contributed by atoms with Crippen molar-refractivity contribution in [1.29, 1.82) is 0 Å². The molecule has 0 aliphatic carbocycles. The van der Waals surface area contributed by atoms with E-state index in [1.54, 1.807) is 28.2 Å². The Morgan fingerprint density at radius 3 is 2.43 bits per heavy atom. The van der Waals surface area contributed by atoms with Crippen LogP contribution in [0.3, 0.4) is 0 Å². The molecule has 1 aliphatic rings. The second-order valence-electron chi connectivity index (χ2n) is 9.09. The normalized spacial score (nSPS) is 15.0. The average molecular weight is 558 g/mol. The van der Waals surface area contributed by atoms with Gasteiger partial charge in [0.05, 0.1) is 4.90 Å². The van der Waals surface area contributed by atoms with E-state index in [1.807, 2.05) is 67.6 Å². The molecule has 3 aromatic carbocycles. The number of benzene rings is 3. The van der Waals surface area contributed by atoms with E-state index < -0.39 is 10.0 Å². The molecule has 4 rings (SSSR count). The van der Waals surface area contributed by atoms with Crippen LogP contribution in [0.2, 0.25) is 5.02 Å². The largest absolute Gasteiger partial charge is 0.351 e. The molecule has 3 aromatic rings. The van der Waals surface area contributed by atoms with Crippen molar-refractivity contribution in [3.63, 3.8) is 0 Å². The minimum Gasteiger partial charge on any atom is -0.351 e. The van der Waals surface area contributed by atoms with Gasteiger partial charge in [0.1, 0.15) is 0 Å². The number of hydrogen-bond donors (Lipinski definition) is 1. The van der Waals surface area contributed by atoms with Crippen LogP contribution in [0.15, 0.2) is 77.7 Å². The zero-order valence-electron chi connectivity index (χ0n) is 20.9. The van der Waals surface area contributed by atoms with Gasteiger partial charge in [-0.15, -0.1) is 0 Å². The summed E-state index contributed by atoms with van der Waals surface area (Å²) in [5.41, 5.74) is 3.80. The highest BCUT2D eigenvalue weighted by atomic mass is 35.5. The van der Waals surface area contributed by atoms with Crippen LogP contribution in [-0.2, 0) is 22.3 Å². The molecule has 9 heteroatoms. The summed E-state index contributed by atoms with van der Waals surface area (Å²) in [7, 11) is -3.48. The van der Waals surface area contributed by atoms with Gasteiger partial charge in [-0.3, -0.25) is 9.69 Å². The number of halogens is 1. The molecule has 6 nitrogen and oxygen atoms in total. The summed E-state index contributed by atoms with van der Waals surface area (Å²) in [4.78, 5) is 15.2. The first-order chi connectivity index (χ1) is 17.8. The van der Waals surface area contributed by atoms with Crippen LogP contribution in [0.4, 0.5) is 0 Å². The highest BCUT2D eigenvalue weighted by molar-refractivity contribution is 7.98. The van der Waals surface area contributed by atoms with Crippen LogP contribution in [0.25, 0.3) is 0 Å². The van der Waals surface area contributed by atoms with Crippen molar-refractivity contribution in [2.75, 3.05) is 38.5 Å². The lowest BCUT2D eigenvalue weighted by atomic mass is 10.1. The number of hydrogen-bond acceptors (Lipinski definition) is 5. The van der Waals surface area contributed by atoms with E-state index in [9.17, 15) is 13.2 Å². The number of sulfonamides is 1. The number of nitrogens with zero attached hydrogens (tertiary/aromatic N) is 2. The Bertz CT molecular complexity index is 1310. The average Bonchev–Trinajstić information content (AvgIpc) is 2.90. The first-order valence-electron chi connectivity index (χ1n) is 12.3. The molecular weight excluding hydrogens is 526 g/mol. The van der Waals surface area contributed by atoms with Gasteiger partial charge in [-0.2, -0.15) is 16.1 Å². The minimum atomic E-state index is -3.48. The Morgan fingerprint density at radius 1 is 0.973 bits per heavy atom. The topological polar surface area (TPSA) is 69.7 Å². The smallest absolute Gasteiger partial charge is 0.251 e. The highest BCUT2D eigenvalue weighted by Crippen LogP contribution is 2.21. The SMILES string of the molecule is Cc1ccc(S(=O)(=O)N2CCN(Cc3cccc(C(=O)NCCSCc4ccccc4Cl)c3)CC2)cc1. The highest BCUT2D eigenvalue weighted by Gasteiger charge is 2.28. The molecule has 1 aliphatic heterocycles. The summed E-state index contributed by atoms with van der Waals surface area (Å²) in [5.74, 6) is 1.52. The molecule has 1 amide bonds. The van der Waals surface area contributed by atoms with Gasteiger partial charge in [0.2, 0.25) is 10.0 Å². The van der Waals surface area contributed by atoms with Gasteiger partial charge in [-0.25, -0.2) is 8.42 Å². The predicted octanol–water partition coefficient (Wildman–Crippen LogP) is 4.82. The molecular formula is C28H32ClN3O3S2. The lowest BCUT2D eigenvalue weighted by Gasteiger charge is -2.34. The Labute approximate surface area is 229 Å². The van der Waals surface area contributed by atoms with E-state index in [4.69, 9.17) is 11.6 Å². The zero-order valence-corrected chi connectivity index (χ0v) is 23.3. The van der Waals surface area contributed by atoms with Crippen LogP contribution in [0.5, 0.6) is 0 Å². The Hall–Kier alpha value is -2.36. The van der Waals surface area contributed by atoms with Crippen LogP contribution in [0.1, 0.15) is 27.0 Å². The summed E-state index contributed by atoms with van der Waals surface area (Å²) >= 11 is 7.93. The first kappa shape index (κ1) is 27.7. The van der Waals surface area contributed by atoms with E-state index >= 15 is 0 Å². The van der Waals surface area contributed by atoms with Gasteiger partial charge in [0, 0.05) is 61.4 Å². The van der Waals surface area contributed by atoms with E-state index in [0.717, 1.165) is 33.2 Å². The molecule has 0 unspecified atom stereocenters.